The van der Waals surface area contributed by atoms with Crippen LogP contribution in [0.2, 0.25) is 0 Å². The van der Waals surface area contributed by atoms with Crippen molar-refractivity contribution >= 4 is 21.6 Å². The van der Waals surface area contributed by atoms with E-state index in [1.165, 1.54) is 24.3 Å². The molecule has 2 N–H and O–H groups in total. The molecule has 3 rings (SSSR count). The van der Waals surface area contributed by atoms with E-state index in [1.54, 1.807) is 18.2 Å². The molecule has 8 heteroatoms. The lowest BCUT2D eigenvalue weighted by molar-refractivity contribution is -0.121. The molecule has 1 fully saturated rings. The number of halogens is 1. The van der Waals surface area contributed by atoms with Crippen molar-refractivity contribution in [2.45, 2.75) is 42.7 Å². The van der Waals surface area contributed by atoms with Crippen LogP contribution in [0.3, 0.4) is 0 Å². The monoisotopic (exact) mass is 406 g/mol. The van der Waals surface area contributed by atoms with E-state index in [0.29, 0.717) is 12.8 Å². The van der Waals surface area contributed by atoms with Gasteiger partial charge in [-0.25, -0.2) is 12.8 Å². The fourth-order valence-electron chi connectivity index (χ4n) is 3.30. The van der Waals surface area contributed by atoms with Gasteiger partial charge in [0, 0.05) is 0 Å². The number of carbonyl (C=O) groups is 1. The summed E-state index contributed by atoms with van der Waals surface area (Å²) in [6.45, 7) is -0.466. The first-order chi connectivity index (χ1) is 13.4. The third kappa shape index (κ3) is 4.69. The predicted octanol–water partition coefficient (Wildman–Crippen LogP) is 2.44. The fraction of sp³-hybridized carbons (Fsp3) is 0.350. The summed E-state index contributed by atoms with van der Waals surface area (Å²) in [5, 5.41) is 12.8. The number of hydrogen-bond donors (Lipinski definition) is 2. The number of aliphatic hydroxyl groups is 1. The third-order valence-corrected chi connectivity index (χ3v) is 6.60. The Hall–Kier alpha value is -2.45. The van der Waals surface area contributed by atoms with Gasteiger partial charge in [0.15, 0.2) is 0 Å². The highest BCUT2D eigenvalue weighted by Gasteiger charge is 2.29. The minimum atomic E-state index is -4.03. The number of benzene rings is 2. The zero-order valence-electron chi connectivity index (χ0n) is 15.3. The Morgan fingerprint density at radius 2 is 1.71 bits per heavy atom. The summed E-state index contributed by atoms with van der Waals surface area (Å²) < 4.78 is 40.5. The molecule has 2 atom stereocenters. The Balaban J connectivity index is 1.86. The van der Waals surface area contributed by atoms with Crippen molar-refractivity contribution in [3.63, 3.8) is 0 Å². The molecular weight excluding hydrogens is 383 g/mol. The van der Waals surface area contributed by atoms with E-state index >= 15 is 0 Å². The molecule has 1 amide bonds. The molecule has 2 aromatic rings. The summed E-state index contributed by atoms with van der Waals surface area (Å²) in [7, 11) is -4.03. The zero-order valence-corrected chi connectivity index (χ0v) is 16.1. The molecule has 0 radical (unpaired) electrons. The number of hydrogen-bond acceptors (Lipinski definition) is 4. The Morgan fingerprint density at radius 3 is 2.36 bits per heavy atom. The van der Waals surface area contributed by atoms with Gasteiger partial charge in [0.2, 0.25) is 5.91 Å². The van der Waals surface area contributed by atoms with Crippen molar-refractivity contribution in [1.82, 2.24) is 5.32 Å². The van der Waals surface area contributed by atoms with Gasteiger partial charge in [-0.3, -0.25) is 9.10 Å². The number of rotatable bonds is 6. The second kappa shape index (κ2) is 8.70. The number of anilines is 1. The van der Waals surface area contributed by atoms with E-state index in [4.69, 9.17) is 0 Å². The average Bonchev–Trinajstić information content (AvgIpc) is 2.69. The van der Waals surface area contributed by atoms with E-state index in [1.807, 2.05) is 0 Å². The molecule has 1 aliphatic carbocycles. The summed E-state index contributed by atoms with van der Waals surface area (Å²) in [6, 6.07) is 12.3. The lowest BCUT2D eigenvalue weighted by Crippen LogP contribution is -2.49. The highest BCUT2D eigenvalue weighted by atomic mass is 32.2. The fourth-order valence-corrected chi connectivity index (χ4v) is 4.75. The van der Waals surface area contributed by atoms with Crippen LogP contribution in [0.4, 0.5) is 10.1 Å². The van der Waals surface area contributed by atoms with Gasteiger partial charge in [-0.1, -0.05) is 31.0 Å². The van der Waals surface area contributed by atoms with Crippen molar-refractivity contribution < 1.29 is 22.7 Å². The molecular formula is C20H23FN2O4S. The molecule has 0 saturated heterocycles. The summed E-state index contributed by atoms with van der Waals surface area (Å²) in [5.41, 5.74) is 0.185. The average molecular weight is 406 g/mol. The zero-order chi connectivity index (χ0) is 20.1. The van der Waals surface area contributed by atoms with Crippen molar-refractivity contribution in [3.8, 4) is 0 Å². The minimum absolute atomic E-state index is 0.0322. The van der Waals surface area contributed by atoms with Gasteiger partial charge >= 0.3 is 0 Å². The molecule has 0 heterocycles. The number of amides is 1. The molecule has 1 aliphatic rings. The molecule has 0 spiro atoms. The number of carbonyl (C=O) groups excluding carboxylic acids is 1. The second-order valence-corrected chi connectivity index (χ2v) is 8.69. The maximum absolute atomic E-state index is 13.3. The predicted molar refractivity (Wildman–Crippen MR) is 104 cm³/mol. The SMILES string of the molecule is O=C(CN(c1ccc(F)cc1)S(=O)(=O)c1ccccc1)N[C@H]1CCCC[C@@H]1O. The van der Waals surface area contributed by atoms with Crippen molar-refractivity contribution in [1.29, 1.82) is 0 Å². The van der Waals surface area contributed by atoms with Crippen molar-refractivity contribution in [2.24, 2.45) is 0 Å². The first-order valence-electron chi connectivity index (χ1n) is 9.19. The Labute approximate surface area is 164 Å². The largest absolute Gasteiger partial charge is 0.391 e. The van der Waals surface area contributed by atoms with E-state index in [0.717, 1.165) is 29.3 Å². The number of nitrogens with zero attached hydrogens (tertiary/aromatic N) is 1. The molecule has 150 valence electrons. The van der Waals surface area contributed by atoms with Crippen LogP contribution in [0.5, 0.6) is 0 Å². The van der Waals surface area contributed by atoms with Crippen molar-refractivity contribution in [3.05, 3.63) is 60.4 Å². The molecule has 1 saturated carbocycles. The first-order valence-corrected chi connectivity index (χ1v) is 10.6. The minimum Gasteiger partial charge on any atom is -0.391 e. The Bertz CT molecular complexity index is 904. The van der Waals surface area contributed by atoms with Crippen LogP contribution in [-0.2, 0) is 14.8 Å². The van der Waals surface area contributed by atoms with Crippen LogP contribution in [0, 0.1) is 5.82 Å². The van der Waals surface area contributed by atoms with Gasteiger partial charge in [0.1, 0.15) is 12.4 Å². The van der Waals surface area contributed by atoms with Crippen LogP contribution in [0.25, 0.3) is 0 Å². The lowest BCUT2D eigenvalue weighted by Gasteiger charge is -2.30. The molecule has 0 aliphatic heterocycles. The highest BCUT2D eigenvalue weighted by Crippen LogP contribution is 2.24. The maximum atomic E-state index is 13.3. The molecule has 0 aromatic heterocycles. The van der Waals surface area contributed by atoms with E-state index < -0.39 is 40.4 Å². The standard InChI is InChI=1S/C20H23FN2O4S/c21-15-10-12-16(13-11-15)23(28(26,27)17-6-2-1-3-7-17)14-20(25)22-18-8-4-5-9-19(18)24/h1-3,6-7,10-13,18-19,24H,4-5,8-9,14H2,(H,22,25)/t18-,19-/m0/s1. The number of nitrogens with one attached hydrogen (secondary N) is 1. The normalized spacial score (nSPS) is 19.8. The van der Waals surface area contributed by atoms with Crippen LogP contribution < -0.4 is 9.62 Å². The molecule has 6 nitrogen and oxygen atoms in total. The molecule has 0 unspecified atom stereocenters. The molecule has 0 bridgehead atoms. The second-order valence-electron chi connectivity index (χ2n) is 6.83. The topological polar surface area (TPSA) is 86.7 Å². The quantitative estimate of drug-likeness (QED) is 0.772. The number of sulfonamides is 1. The summed E-state index contributed by atoms with van der Waals surface area (Å²) >= 11 is 0. The van der Waals surface area contributed by atoms with Gasteiger partial charge in [-0.05, 0) is 49.2 Å². The van der Waals surface area contributed by atoms with Crippen LogP contribution in [-0.4, -0.2) is 38.1 Å². The van der Waals surface area contributed by atoms with Crippen LogP contribution >= 0.6 is 0 Å². The molecule has 28 heavy (non-hydrogen) atoms. The van der Waals surface area contributed by atoms with E-state index in [2.05, 4.69) is 5.32 Å². The Morgan fingerprint density at radius 1 is 1.07 bits per heavy atom. The van der Waals surface area contributed by atoms with Gasteiger partial charge in [0.05, 0.1) is 22.7 Å². The van der Waals surface area contributed by atoms with Gasteiger partial charge in [-0.15, -0.1) is 0 Å². The number of aliphatic hydroxyl groups excluding tert-OH is 1. The third-order valence-electron chi connectivity index (χ3n) is 4.81. The van der Waals surface area contributed by atoms with E-state index in [9.17, 15) is 22.7 Å². The summed E-state index contributed by atoms with van der Waals surface area (Å²) in [5.74, 6) is -1.02. The van der Waals surface area contributed by atoms with Gasteiger partial charge < -0.3 is 10.4 Å². The highest BCUT2D eigenvalue weighted by molar-refractivity contribution is 7.92. The lowest BCUT2D eigenvalue weighted by atomic mass is 9.92. The first kappa shape index (κ1) is 20.3. The maximum Gasteiger partial charge on any atom is 0.264 e. The van der Waals surface area contributed by atoms with Gasteiger partial charge in [-0.2, -0.15) is 0 Å². The Kier molecular flexibility index (Phi) is 6.31. The summed E-state index contributed by atoms with van der Waals surface area (Å²) in [4.78, 5) is 12.6. The van der Waals surface area contributed by atoms with E-state index in [-0.39, 0.29) is 10.6 Å². The summed E-state index contributed by atoms with van der Waals surface area (Å²) in [6.07, 6.45) is 2.41. The molecule has 2 aromatic carbocycles. The van der Waals surface area contributed by atoms with Crippen LogP contribution in [0.15, 0.2) is 59.5 Å². The van der Waals surface area contributed by atoms with Gasteiger partial charge in [0.25, 0.3) is 10.0 Å². The van der Waals surface area contributed by atoms with Crippen molar-refractivity contribution in [2.75, 3.05) is 10.8 Å². The van der Waals surface area contributed by atoms with Crippen LogP contribution in [0.1, 0.15) is 25.7 Å². The smallest absolute Gasteiger partial charge is 0.264 e.